The maximum absolute atomic E-state index is 11.7. The van der Waals surface area contributed by atoms with Crippen molar-refractivity contribution in [3.63, 3.8) is 0 Å². The first-order chi connectivity index (χ1) is 10.7. The number of carbonyl (C=O) groups excluding carboxylic acids is 1. The number of rotatable bonds is 7. The van der Waals surface area contributed by atoms with Gasteiger partial charge in [-0.1, -0.05) is 67.6 Å². The lowest BCUT2D eigenvalue weighted by atomic mass is 9.95. The molecule has 22 heavy (non-hydrogen) atoms. The summed E-state index contributed by atoms with van der Waals surface area (Å²) in [6.07, 6.45) is 0.983. The van der Waals surface area contributed by atoms with Crippen molar-refractivity contribution in [1.82, 2.24) is 4.90 Å². The smallest absolute Gasteiger partial charge is 0.326 e. The standard InChI is InChI=1S/C18H19NO3/c1-2-16(18(21)22)19(13-20)17(14-9-5-3-6-10-14)15-11-7-4-8-12-15/h3-13,16-17H,2H2,1H3,(H,21,22). The Balaban J connectivity index is 2.52. The van der Waals surface area contributed by atoms with Crippen molar-refractivity contribution in [3.05, 3.63) is 71.8 Å². The zero-order chi connectivity index (χ0) is 15.9. The molecule has 2 aromatic rings. The molecule has 0 fully saturated rings. The minimum absolute atomic E-state index is 0.351. The summed E-state index contributed by atoms with van der Waals surface area (Å²) >= 11 is 0. The van der Waals surface area contributed by atoms with Crippen LogP contribution in [0.5, 0.6) is 0 Å². The normalized spacial score (nSPS) is 11.9. The Morgan fingerprint density at radius 2 is 1.50 bits per heavy atom. The molecule has 0 saturated heterocycles. The Bertz CT molecular complexity index is 573. The Hall–Kier alpha value is -2.62. The predicted octanol–water partition coefficient (Wildman–Crippen LogP) is 3.10. The van der Waals surface area contributed by atoms with Gasteiger partial charge in [-0.05, 0) is 17.5 Å². The monoisotopic (exact) mass is 297 g/mol. The number of aliphatic carboxylic acids is 1. The molecule has 2 rings (SSSR count). The number of hydrogen-bond donors (Lipinski definition) is 1. The number of carboxylic acid groups (broad SMARTS) is 1. The average molecular weight is 297 g/mol. The molecule has 0 spiro atoms. The molecule has 1 N–H and O–H groups in total. The van der Waals surface area contributed by atoms with E-state index >= 15 is 0 Å². The summed E-state index contributed by atoms with van der Waals surface area (Å²) in [4.78, 5) is 24.5. The van der Waals surface area contributed by atoms with Crippen LogP contribution in [0.4, 0.5) is 0 Å². The summed E-state index contributed by atoms with van der Waals surface area (Å²) < 4.78 is 0. The van der Waals surface area contributed by atoms with Crippen LogP contribution in [-0.2, 0) is 9.59 Å². The van der Waals surface area contributed by atoms with E-state index in [0.29, 0.717) is 12.8 Å². The molecular weight excluding hydrogens is 278 g/mol. The molecule has 0 bridgehead atoms. The highest BCUT2D eigenvalue weighted by molar-refractivity contribution is 5.76. The molecule has 0 radical (unpaired) electrons. The quantitative estimate of drug-likeness (QED) is 0.799. The first-order valence-electron chi connectivity index (χ1n) is 7.24. The Morgan fingerprint density at radius 1 is 1.05 bits per heavy atom. The summed E-state index contributed by atoms with van der Waals surface area (Å²) in [7, 11) is 0. The zero-order valence-corrected chi connectivity index (χ0v) is 12.4. The minimum atomic E-state index is -0.994. The lowest BCUT2D eigenvalue weighted by Gasteiger charge is -2.33. The van der Waals surface area contributed by atoms with E-state index in [2.05, 4.69) is 0 Å². The average Bonchev–Trinajstić information content (AvgIpc) is 2.56. The van der Waals surface area contributed by atoms with Gasteiger partial charge in [-0.25, -0.2) is 4.79 Å². The number of nitrogens with zero attached hydrogens (tertiary/aromatic N) is 1. The molecule has 0 aliphatic rings. The van der Waals surface area contributed by atoms with Crippen LogP contribution in [0.3, 0.4) is 0 Å². The molecule has 0 saturated carbocycles. The third kappa shape index (κ3) is 3.34. The van der Waals surface area contributed by atoms with Gasteiger partial charge in [0.1, 0.15) is 6.04 Å². The van der Waals surface area contributed by atoms with Crippen LogP contribution in [0.1, 0.15) is 30.5 Å². The summed E-state index contributed by atoms with van der Waals surface area (Å²) in [5, 5.41) is 9.42. The van der Waals surface area contributed by atoms with Crippen LogP contribution in [0, 0.1) is 0 Å². The van der Waals surface area contributed by atoms with Crippen molar-refractivity contribution in [2.75, 3.05) is 0 Å². The molecule has 1 atom stereocenters. The van der Waals surface area contributed by atoms with Crippen LogP contribution in [0.25, 0.3) is 0 Å². The molecule has 4 heteroatoms. The largest absolute Gasteiger partial charge is 0.480 e. The van der Waals surface area contributed by atoms with E-state index in [9.17, 15) is 14.7 Å². The molecule has 2 aromatic carbocycles. The van der Waals surface area contributed by atoms with E-state index in [1.54, 1.807) is 6.92 Å². The highest BCUT2D eigenvalue weighted by Crippen LogP contribution is 2.29. The third-order valence-corrected chi connectivity index (χ3v) is 3.68. The SMILES string of the molecule is CCC(C(=O)O)N(C=O)C(c1ccccc1)c1ccccc1. The highest BCUT2D eigenvalue weighted by Gasteiger charge is 2.30. The second kappa shape index (κ2) is 7.41. The predicted molar refractivity (Wildman–Crippen MR) is 84.3 cm³/mol. The summed E-state index contributed by atoms with van der Waals surface area (Å²) in [5.41, 5.74) is 1.78. The van der Waals surface area contributed by atoms with E-state index in [4.69, 9.17) is 0 Å². The summed E-state index contributed by atoms with van der Waals surface area (Å²) in [6.45, 7) is 1.77. The van der Waals surface area contributed by atoms with Gasteiger partial charge in [0.05, 0.1) is 6.04 Å². The van der Waals surface area contributed by atoms with Crippen LogP contribution >= 0.6 is 0 Å². The van der Waals surface area contributed by atoms with Crippen molar-refractivity contribution in [2.24, 2.45) is 0 Å². The Morgan fingerprint density at radius 3 is 1.82 bits per heavy atom. The van der Waals surface area contributed by atoms with Crippen LogP contribution in [0.2, 0.25) is 0 Å². The first kappa shape index (κ1) is 15.8. The second-order valence-electron chi connectivity index (χ2n) is 5.04. The molecular formula is C18H19NO3. The van der Waals surface area contributed by atoms with E-state index in [0.717, 1.165) is 11.1 Å². The van der Waals surface area contributed by atoms with E-state index in [-0.39, 0.29) is 0 Å². The maximum atomic E-state index is 11.7. The van der Waals surface area contributed by atoms with Gasteiger partial charge in [-0.15, -0.1) is 0 Å². The summed E-state index contributed by atoms with van der Waals surface area (Å²) in [5.74, 6) is -0.994. The lowest BCUT2D eigenvalue weighted by Crippen LogP contribution is -2.42. The maximum Gasteiger partial charge on any atom is 0.326 e. The van der Waals surface area contributed by atoms with Crippen LogP contribution < -0.4 is 0 Å². The van der Waals surface area contributed by atoms with Crippen molar-refractivity contribution >= 4 is 12.4 Å². The summed E-state index contributed by atoms with van der Waals surface area (Å²) in [6, 6.07) is 17.7. The first-order valence-corrected chi connectivity index (χ1v) is 7.24. The highest BCUT2D eigenvalue weighted by atomic mass is 16.4. The molecule has 1 unspecified atom stereocenters. The topological polar surface area (TPSA) is 57.6 Å². The van der Waals surface area contributed by atoms with E-state index in [1.807, 2.05) is 60.7 Å². The fraction of sp³-hybridized carbons (Fsp3) is 0.222. The number of carboxylic acids is 1. The van der Waals surface area contributed by atoms with Gasteiger partial charge < -0.3 is 10.0 Å². The van der Waals surface area contributed by atoms with Gasteiger partial charge in [-0.3, -0.25) is 4.79 Å². The van der Waals surface area contributed by atoms with Gasteiger partial charge >= 0.3 is 5.97 Å². The van der Waals surface area contributed by atoms with Crippen LogP contribution in [-0.4, -0.2) is 28.4 Å². The molecule has 0 aliphatic carbocycles. The van der Waals surface area contributed by atoms with Gasteiger partial charge in [0, 0.05) is 0 Å². The third-order valence-electron chi connectivity index (χ3n) is 3.68. The minimum Gasteiger partial charge on any atom is -0.480 e. The van der Waals surface area contributed by atoms with Crippen molar-refractivity contribution in [3.8, 4) is 0 Å². The second-order valence-corrected chi connectivity index (χ2v) is 5.04. The number of carbonyl (C=O) groups is 2. The molecule has 114 valence electrons. The Kier molecular flexibility index (Phi) is 5.31. The Labute approximate surface area is 130 Å². The van der Waals surface area contributed by atoms with Crippen molar-refractivity contribution in [2.45, 2.75) is 25.4 Å². The van der Waals surface area contributed by atoms with Gasteiger partial charge in [0.25, 0.3) is 0 Å². The van der Waals surface area contributed by atoms with E-state index < -0.39 is 18.1 Å². The number of amides is 1. The van der Waals surface area contributed by atoms with E-state index in [1.165, 1.54) is 4.90 Å². The molecule has 0 heterocycles. The molecule has 4 nitrogen and oxygen atoms in total. The van der Waals surface area contributed by atoms with Crippen molar-refractivity contribution in [1.29, 1.82) is 0 Å². The van der Waals surface area contributed by atoms with Gasteiger partial charge in [-0.2, -0.15) is 0 Å². The van der Waals surface area contributed by atoms with Crippen molar-refractivity contribution < 1.29 is 14.7 Å². The van der Waals surface area contributed by atoms with Crippen LogP contribution in [0.15, 0.2) is 60.7 Å². The van der Waals surface area contributed by atoms with Gasteiger partial charge in [0.15, 0.2) is 0 Å². The fourth-order valence-corrected chi connectivity index (χ4v) is 2.63. The number of hydrogen-bond acceptors (Lipinski definition) is 2. The van der Waals surface area contributed by atoms with Gasteiger partial charge in [0.2, 0.25) is 6.41 Å². The number of benzene rings is 2. The lowest BCUT2D eigenvalue weighted by molar-refractivity contribution is -0.147. The molecule has 1 amide bonds. The zero-order valence-electron chi connectivity index (χ0n) is 12.4. The molecule has 0 aromatic heterocycles. The fourth-order valence-electron chi connectivity index (χ4n) is 2.63. The molecule has 0 aliphatic heterocycles.